The molecule has 1 aromatic carbocycles. The van der Waals surface area contributed by atoms with Crippen molar-refractivity contribution in [3.05, 3.63) is 34.4 Å². The first kappa shape index (κ1) is 25.2. The van der Waals surface area contributed by atoms with Gasteiger partial charge in [-0.15, -0.1) is 0 Å². The zero-order valence-electron chi connectivity index (χ0n) is 19.3. The van der Waals surface area contributed by atoms with Gasteiger partial charge in [-0.3, -0.25) is 0 Å². The molecule has 0 heterocycles. The van der Waals surface area contributed by atoms with Crippen molar-refractivity contribution in [2.75, 3.05) is 14.2 Å². The molecule has 0 unspecified atom stereocenters. The molecule has 0 bridgehead atoms. The number of hydrogen-bond acceptors (Lipinski definition) is 2. The predicted molar refractivity (Wildman–Crippen MR) is 122 cm³/mol. The highest BCUT2D eigenvalue weighted by molar-refractivity contribution is 5.38. The van der Waals surface area contributed by atoms with Crippen LogP contribution in [0.25, 0.3) is 0 Å². The van der Waals surface area contributed by atoms with Crippen LogP contribution in [0.4, 0.5) is 0 Å². The Morgan fingerprint density at radius 3 is 1.21 bits per heavy atom. The van der Waals surface area contributed by atoms with Crippen molar-refractivity contribution in [1.82, 2.24) is 0 Å². The van der Waals surface area contributed by atoms with E-state index in [0.717, 1.165) is 13.2 Å². The van der Waals surface area contributed by atoms with E-state index in [1.165, 1.54) is 112 Å². The van der Waals surface area contributed by atoms with Crippen molar-refractivity contribution in [3.8, 4) is 0 Å². The number of methoxy groups -OCH3 is 2. The lowest BCUT2D eigenvalue weighted by Crippen LogP contribution is -2.04. The second kappa shape index (κ2) is 17.0. The van der Waals surface area contributed by atoms with Crippen LogP contribution in [0.2, 0.25) is 0 Å². The smallest absolute Gasteiger partial charge is 0.0715 e. The zero-order valence-corrected chi connectivity index (χ0v) is 19.3. The van der Waals surface area contributed by atoms with Gasteiger partial charge in [0.25, 0.3) is 0 Å². The van der Waals surface area contributed by atoms with Crippen LogP contribution >= 0.6 is 0 Å². The molecule has 0 saturated carbocycles. The standard InChI is InChI=1S/C26H46O2/c1-5-7-9-11-13-15-17-23-19-26(22-28-4)24(20-25(23)21-27-3)18-16-14-12-10-8-6-2/h19-20H,5-18,21-22H2,1-4H3. The van der Waals surface area contributed by atoms with E-state index in [0.29, 0.717) is 0 Å². The Morgan fingerprint density at radius 2 is 0.857 bits per heavy atom. The van der Waals surface area contributed by atoms with Crippen LogP contribution in [0.5, 0.6) is 0 Å². The Labute approximate surface area is 175 Å². The monoisotopic (exact) mass is 390 g/mol. The van der Waals surface area contributed by atoms with E-state index < -0.39 is 0 Å². The molecule has 0 spiro atoms. The summed E-state index contributed by atoms with van der Waals surface area (Å²) in [5.41, 5.74) is 5.71. The van der Waals surface area contributed by atoms with Crippen molar-refractivity contribution in [3.63, 3.8) is 0 Å². The number of benzene rings is 1. The quantitative estimate of drug-likeness (QED) is 0.238. The third kappa shape index (κ3) is 10.6. The first-order valence-corrected chi connectivity index (χ1v) is 11.9. The number of aryl methyl sites for hydroxylation is 2. The number of ether oxygens (including phenoxy) is 2. The Kier molecular flexibility index (Phi) is 15.3. The molecule has 0 aliphatic rings. The van der Waals surface area contributed by atoms with Crippen molar-refractivity contribution in [1.29, 1.82) is 0 Å². The molecule has 0 aromatic heterocycles. The van der Waals surface area contributed by atoms with Gasteiger partial charge in [-0.05, 0) is 47.9 Å². The lowest BCUT2D eigenvalue weighted by Gasteiger charge is -2.16. The van der Waals surface area contributed by atoms with Crippen LogP contribution in [0.3, 0.4) is 0 Å². The van der Waals surface area contributed by atoms with Crippen LogP contribution in [-0.2, 0) is 35.5 Å². The molecule has 0 aliphatic heterocycles. The molecule has 0 amide bonds. The van der Waals surface area contributed by atoms with E-state index in [2.05, 4.69) is 26.0 Å². The predicted octanol–water partition coefficient (Wildman–Crippen LogP) is 7.79. The summed E-state index contributed by atoms with van der Waals surface area (Å²) in [4.78, 5) is 0. The number of unbranched alkanes of at least 4 members (excludes halogenated alkanes) is 10. The Bertz CT molecular complexity index is 450. The minimum atomic E-state index is 0.724. The van der Waals surface area contributed by atoms with Gasteiger partial charge in [-0.2, -0.15) is 0 Å². The average Bonchev–Trinajstić information content (AvgIpc) is 2.70. The van der Waals surface area contributed by atoms with Gasteiger partial charge in [0, 0.05) is 14.2 Å². The molecule has 2 nitrogen and oxygen atoms in total. The van der Waals surface area contributed by atoms with Crippen LogP contribution in [0.1, 0.15) is 113 Å². The molecular weight excluding hydrogens is 344 g/mol. The van der Waals surface area contributed by atoms with Gasteiger partial charge in [0.2, 0.25) is 0 Å². The fourth-order valence-corrected chi connectivity index (χ4v) is 4.03. The second-order valence-electron chi connectivity index (χ2n) is 8.29. The van der Waals surface area contributed by atoms with Crippen molar-refractivity contribution >= 4 is 0 Å². The van der Waals surface area contributed by atoms with E-state index in [4.69, 9.17) is 9.47 Å². The molecule has 0 saturated heterocycles. The summed E-state index contributed by atoms with van der Waals surface area (Å²) >= 11 is 0. The fourth-order valence-electron chi connectivity index (χ4n) is 4.03. The molecule has 0 atom stereocenters. The van der Waals surface area contributed by atoms with Crippen LogP contribution in [0, 0.1) is 0 Å². The van der Waals surface area contributed by atoms with Gasteiger partial charge in [0.05, 0.1) is 13.2 Å². The SMILES string of the molecule is CCCCCCCCc1cc(COC)c(CCCCCCCC)cc1COC. The number of hydrogen-bond donors (Lipinski definition) is 0. The maximum absolute atomic E-state index is 5.52. The summed E-state index contributed by atoms with van der Waals surface area (Å²) < 4.78 is 11.0. The Hall–Kier alpha value is -0.860. The normalized spacial score (nSPS) is 11.3. The Morgan fingerprint density at radius 1 is 0.500 bits per heavy atom. The third-order valence-electron chi connectivity index (χ3n) is 5.72. The molecule has 0 aliphatic carbocycles. The molecule has 0 radical (unpaired) electrons. The highest BCUT2D eigenvalue weighted by atomic mass is 16.5. The summed E-state index contributed by atoms with van der Waals surface area (Å²) in [7, 11) is 3.62. The van der Waals surface area contributed by atoms with Crippen LogP contribution < -0.4 is 0 Å². The highest BCUT2D eigenvalue weighted by Crippen LogP contribution is 2.23. The summed E-state index contributed by atoms with van der Waals surface area (Å²) in [6.45, 7) is 6.01. The summed E-state index contributed by atoms with van der Waals surface area (Å²) in [5.74, 6) is 0. The first-order chi connectivity index (χ1) is 13.8. The van der Waals surface area contributed by atoms with Gasteiger partial charge in [0.1, 0.15) is 0 Å². The van der Waals surface area contributed by atoms with Crippen LogP contribution in [-0.4, -0.2) is 14.2 Å². The van der Waals surface area contributed by atoms with Crippen molar-refractivity contribution in [2.45, 2.75) is 117 Å². The van der Waals surface area contributed by atoms with E-state index in [-0.39, 0.29) is 0 Å². The molecule has 0 N–H and O–H groups in total. The van der Waals surface area contributed by atoms with Crippen LogP contribution in [0.15, 0.2) is 12.1 Å². The number of rotatable bonds is 18. The first-order valence-electron chi connectivity index (χ1n) is 11.9. The lowest BCUT2D eigenvalue weighted by atomic mass is 9.92. The minimum absolute atomic E-state index is 0.724. The highest BCUT2D eigenvalue weighted by Gasteiger charge is 2.10. The van der Waals surface area contributed by atoms with Gasteiger partial charge in [-0.1, -0.05) is 90.2 Å². The van der Waals surface area contributed by atoms with Gasteiger partial charge in [-0.25, -0.2) is 0 Å². The second-order valence-corrected chi connectivity index (χ2v) is 8.29. The largest absolute Gasteiger partial charge is 0.380 e. The molecule has 2 heteroatoms. The van der Waals surface area contributed by atoms with E-state index in [9.17, 15) is 0 Å². The van der Waals surface area contributed by atoms with Gasteiger partial charge >= 0.3 is 0 Å². The molecule has 1 aromatic rings. The van der Waals surface area contributed by atoms with Crippen molar-refractivity contribution < 1.29 is 9.47 Å². The summed E-state index contributed by atoms with van der Waals surface area (Å²) in [5, 5.41) is 0. The van der Waals surface area contributed by atoms with Crippen molar-refractivity contribution in [2.24, 2.45) is 0 Å². The zero-order chi connectivity index (χ0) is 20.5. The maximum atomic E-state index is 5.52. The Balaban J connectivity index is 2.68. The summed E-state index contributed by atoms with van der Waals surface area (Å²) in [6.07, 6.45) is 18.5. The van der Waals surface area contributed by atoms with E-state index in [1.807, 2.05) is 14.2 Å². The molecule has 0 fully saturated rings. The van der Waals surface area contributed by atoms with Gasteiger partial charge in [0.15, 0.2) is 0 Å². The molecule has 162 valence electrons. The lowest BCUT2D eigenvalue weighted by molar-refractivity contribution is 0.181. The fraction of sp³-hybridized carbons (Fsp3) is 0.769. The summed E-state index contributed by atoms with van der Waals surface area (Å²) in [6, 6.07) is 4.83. The minimum Gasteiger partial charge on any atom is -0.380 e. The topological polar surface area (TPSA) is 18.5 Å². The van der Waals surface area contributed by atoms with Gasteiger partial charge < -0.3 is 9.47 Å². The average molecular weight is 391 g/mol. The van der Waals surface area contributed by atoms with E-state index in [1.54, 1.807) is 0 Å². The van der Waals surface area contributed by atoms with E-state index >= 15 is 0 Å². The maximum Gasteiger partial charge on any atom is 0.0715 e. The molecule has 1 rings (SSSR count). The third-order valence-corrected chi connectivity index (χ3v) is 5.72. The molecule has 28 heavy (non-hydrogen) atoms. The molecular formula is C26H46O2.